The summed E-state index contributed by atoms with van der Waals surface area (Å²) >= 11 is 0. The number of rotatable bonds is 8. The third-order valence-electron chi connectivity index (χ3n) is 8.45. The first-order valence-electron chi connectivity index (χ1n) is 14.3. The molecule has 12 nitrogen and oxygen atoms in total. The number of nitrogens with two attached hydrogens (primary N) is 1. The number of amides is 3. The number of likely N-dealkylation sites (tertiary alicyclic amines) is 1. The molecule has 0 bridgehead atoms. The number of aliphatic carboxylic acids is 1. The molecule has 3 aliphatic rings. The van der Waals surface area contributed by atoms with Crippen LogP contribution in [0, 0.1) is 5.82 Å². The molecule has 0 spiro atoms. The Kier molecular flexibility index (Phi) is 8.18. The molecule has 0 radical (unpaired) electrons. The smallest absolute Gasteiger partial charge is 0.481 e. The lowest BCUT2D eigenvalue weighted by molar-refractivity contribution is -0.138. The van der Waals surface area contributed by atoms with Gasteiger partial charge in [-0.1, -0.05) is 12.1 Å². The summed E-state index contributed by atoms with van der Waals surface area (Å²) in [4.78, 5) is 53.1. The van der Waals surface area contributed by atoms with Crippen LogP contribution in [-0.4, -0.2) is 70.6 Å². The quantitative estimate of drug-likeness (QED) is 0.217. The Balaban J connectivity index is 1.38. The average Bonchev–Trinajstić information content (AvgIpc) is 3.74. The summed E-state index contributed by atoms with van der Waals surface area (Å²) in [6.07, 6.45) is 0.267. The van der Waals surface area contributed by atoms with Crippen molar-refractivity contribution in [3.63, 3.8) is 0 Å². The van der Waals surface area contributed by atoms with E-state index in [4.69, 9.17) is 15.0 Å². The highest BCUT2D eigenvalue weighted by Gasteiger charge is 2.39. The van der Waals surface area contributed by atoms with Gasteiger partial charge in [0.2, 0.25) is 11.8 Å². The fourth-order valence-electron chi connectivity index (χ4n) is 6.24. The van der Waals surface area contributed by atoms with Crippen molar-refractivity contribution in [1.29, 1.82) is 0 Å². The van der Waals surface area contributed by atoms with Gasteiger partial charge in [-0.05, 0) is 88.0 Å². The summed E-state index contributed by atoms with van der Waals surface area (Å²) in [5, 5.41) is 33.0. The Hall–Kier alpha value is -4.56. The van der Waals surface area contributed by atoms with Crippen molar-refractivity contribution >= 4 is 48.9 Å². The summed E-state index contributed by atoms with van der Waals surface area (Å²) in [6.45, 7) is 0.264. The van der Waals surface area contributed by atoms with Crippen molar-refractivity contribution in [3.8, 4) is 11.1 Å². The number of halogens is 1. The maximum atomic E-state index is 14.3. The molecule has 3 aliphatic heterocycles. The maximum Gasteiger partial charge on any atom is 0.491 e. The molecule has 1 fully saturated rings. The third-order valence-corrected chi connectivity index (χ3v) is 8.45. The summed E-state index contributed by atoms with van der Waals surface area (Å²) in [7, 11) is -2.59. The lowest BCUT2D eigenvalue weighted by Gasteiger charge is -2.28. The van der Waals surface area contributed by atoms with E-state index in [1.54, 1.807) is 6.07 Å². The molecule has 2 atom stereocenters. The van der Waals surface area contributed by atoms with Crippen LogP contribution in [0.1, 0.15) is 62.7 Å². The molecule has 0 aliphatic carbocycles. The van der Waals surface area contributed by atoms with Crippen LogP contribution in [0.15, 0.2) is 48.5 Å². The topological polar surface area (TPSA) is 189 Å². The molecule has 0 aromatic heterocycles. The van der Waals surface area contributed by atoms with Gasteiger partial charge in [-0.2, -0.15) is 0 Å². The highest BCUT2D eigenvalue weighted by atomic mass is 19.1. The van der Waals surface area contributed by atoms with Gasteiger partial charge >= 0.3 is 20.2 Å². The lowest BCUT2D eigenvalue weighted by Crippen LogP contribution is -2.47. The van der Waals surface area contributed by atoms with E-state index in [0.29, 0.717) is 46.0 Å². The van der Waals surface area contributed by atoms with Gasteiger partial charge in [0, 0.05) is 17.7 Å². The van der Waals surface area contributed by atoms with Crippen LogP contribution in [0.2, 0.25) is 0 Å². The Morgan fingerprint density at radius 3 is 2.51 bits per heavy atom. The van der Waals surface area contributed by atoms with Crippen LogP contribution in [0.4, 0.5) is 4.39 Å². The zero-order chi connectivity index (χ0) is 32.0. The molecule has 3 aromatic carbocycles. The van der Waals surface area contributed by atoms with E-state index in [2.05, 4.69) is 5.32 Å². The predicted molar refractivity (Wildman–Crippen MR) is 159 cm³/mol. The number of benzene rings is 3. The third kappa shape index (κ3) is 5.82. The number of carboxylic acid groups (broad SMARTS) is 1. The maximum absolute atomic E-state index is 14.3. The molecular formula is C30H28B2FN3O9. The standard InChI is InChI=1S/C30H28B2FN3O9/c33-18-4-1-3-15(7-18)25(12-27(37)38)35-29(40)26-5-2-6-36(26)30(41)21-11-23-17(13-44-31(23)42)9-19(21)20-8-16(28(34)39)10-24-22(20)14-45-32(24)43/h1,3-4,7-11,25-26,42-43H,2,5-6,12-14H2,(H2,34,39)(H,35,40)(H,37,38)/t25-,26-/m0/s1. The minimum absolute atomic E-state index is 0.00545. The summed E-state index contributed by atoms with van der Waals surface area (Å²) < 4.78 is 24.7. The van der Waals surface area contributed by atoms with Crippen molar-refractivity contribution in [2.75, 3.05) is 6.54 Å². The highest BCUT2D eigenvalue weighted by molar-refractivity contribution is 6.62. The lowest BCUT2D eigenvalue weighted by atomic mass is 9.74. The summed E-state index contributed by atoms with van der Waals surface area (Å²) in [5.74, 6) is -3.70. The van der Waals surface area contributed by atoms with Gasteiger partial charge < -0.3 is 40.4 Å². The van der Waals surface area contributed by atoms with Crippen molar-refractivity contribution in [3.05, 3.63) is 82.2 Å². The molecule has 6 N–H and O–H groups in total. The Bertz CT molecular complexity index is 1740. The molecule has 1 saturated heterocycles. The second kappa shape index (κ2) is 12.1. The molecule has 3 amide bonds. The fraction of sp³-hybridized carbons (Fsp3) is 0.267. The monoisotopic (exact) mass is 615 g/mol. The molecular weight excluding hydrogens is 587 g/mol. The van der Waals surface area contributed by atoms with Gasteiger partial charge in [-0.25, -0.2) is 4.39 Å². The Labute approximate surface area is 257 Å². The Morgan fingerprint density at radius 1 is 1.02 bits per heavy atom. The average molecular weight is 615 g/mol. The van der Waals surface area contributed by atoms with Gasteiger partial charge in [0.25, 0.3) is 5.91 Å². The van der Waals surface area contributed by atoms with Gasteiger partial charge in [-0.15, -0.1) is 0 Å². The number of hydrogen-bond acceptors (Lipinski definition) is 8. The Morgan fingerprint density at radius 2 is 1.78 bits per heavy atom. The van der Waals surface area contributed by atoms with Crippen molar-refractivity contribution in [2.45, 2.75) is 44.6 Å². The number of fused-ring (bicyclic) bond motifs is 2. The first kappa shape index (κ1) is 30.5. The van der Waals surface area contributed by atoms with Crippen LogP contribution < -0.4 is 22.0 Å². The van der Waals surface area contributed by atoms with Crippen molar-refractivity contribution < 1.29 is 48.0 Å². The molecule has 0 saturated carbocycles. The fourth-order valence-corrected chi connectivity index (χ4v) is 6.24. The number of nitrogens with zero attached hydrogens (tertiary/aromatic N) is 1. The number of carboxylic acids is 1. The van der Waals surface area contributed by atoms with Crippen molar-refractivity contribution in [1.82, 2.24) is 10.2 Å². The van der Waals surface area contributed by atoms with E-state index in [0.717, 1.165) is 6.07 Å². The summed E-state index contributed by atoms with van der Waals surface area (Å²) in [6, 6.07) is 9.37. The number of primary amides is 1. The van der Waals surface area contributed by atoms with Crippen LogP contribution in [0.25, 0.3) is 11.1 Å². The van der Waals surface area contributed by atoms with Crippen LogP contribution in [-0.2, 0) is 32.1 Å². The zero-order valence-electron chi connectivity index (χ0n) is 23.9. The predicted octanol–water partition coefficient (Wildman–Crippen LogP) is -0.0362. The number of nitrogens with one attached hydrogen (secondary N) is 1. The minimum Gasteiger partial charge on any atom is -0.481 e. The number of hydrogen-bond donors (Lipinski definition) is 5. The molecule has 230 valence electrons. The van der Waals surface area contributed by atoms with E-state index in [-0.39, 0.29) is 36.4 Å². The van der Waals surface area contributed by atoms with Crippen LogP contribution in [0.5, 0.6) is 0 Å². The first-order valence-corrected chi connectivity index (χ1v) is 14.3. The van der Waals surface area contributed by atoms with Crippen molar-refractivity contribution in [2.24, 2.45) is 5.73 Å². The first-order chi connectivity index (χ1) is 21.5. The molecule has 45 heavy (non-hydrogen) atoms. The van der Waals surface area contributed by atoms with Gasteiger partial charge in [0.05, 0.1) is 25.7 Å². The minimum atomic E-state index is -1.31. The van der Waals surface area contributed by atoms with Gasteiger partial charge in [0.15, 0.2) is 0 Å². The van der Waals surface area contributed by atoms with E-state index in [9.17, 15) is 38.7 Å². The molecule has 15 heteroatoms. The SMILES string of the molecule is NC(=O)c1cc2c(c(-c3cc4c(cc3C(=O)N3CCC[C@H]3C(=O)N[C@@H](CC(=O)O)c3cccc(F)c3)B(O)OC4)c1)COB2O. The number of carbonyl (C=O) groups is 4. The van der Waals surface area contributed by atoms with Gasteiger partial charge in [0.1, 0.15) is 11.9 Å². The second-order valence-corrected chi connectivity index (χ2v) is 11.2. The van der Waals surface area contributed by atoms with Crippen LogP contribution >= 0.6 is 0 Å². The number of carbonyl (C=O) groups excluding carboxylic acids is 3. The summed E-state index contributed by atoms with van der Waals surface area (Å²) in [5.41, 5.74) is 8.68. The highest BCUT2D eigenvalue weighted by Crippen LogP contribution is 2.34. The molecule has 3 heterocycles. The normalized spacial score (nSPS) is 17.7. The van der Waals surface area contributed by atoms with E-state index >= 15 is 0 Å². The molecule has 3 aromatic rings. The largest absolute Gasteiger partial charge is 0.491 e. The van der Waals surface area contributed by atoms with E-state index in [1.807, 2.05) is 0 Å². The van der Waals surface area contributed by atoms with E-state index in [1.165, 1.54) is 41.3 Å². The molecule has 0 unspecified atom stereocenters. The van der Waals surface area contributed by atoms with Crippen LogP contribution in [0.3, 0.4) is 0 Å². The zero-order valence-corrected chi connectivity index (χ0v) is 23.9. The van der Waals surface area contributed by atoms with Gasteiger partial charge in [-0.3, -0.25) is 19.2 Å². The second-order valence-electron chi connectivity index (χ2n) is 11.2. The van der Waals surface area contributed by atoms with E-state index < -0.39 is 62.2 Å². The molecule has 6 rings (SSSR count).